The fourth-order valence-corrected chi connectivity index (χ4v) is 4.50. The zero-order valence-electron chi connectivity index (χ0n) is 16.9. The number of sulfonamides is 1. The van der Waals surface area contributed by atoms with Crippen molar-refractivity contribution in [1.82, 2.24) is 18.8 Å². The molecule has 0 saturated heterocycles. The van der Waals surface area contributed by atoms with E-state index in [-0.39, 0.29) is 0 Å². The number of hydrogen-bond donors (Lipinski definition) is 0. The molecule has 0 amide bonds. The van der Waals surface area contributed by atoms with Crippen LogP contribution < -0.4 is 0 Å². The van der Waals surface area contributed by atoms with Crippen LogP contribution in [0, 0.1) is 0 Å². The van der Waals surface area contributed by atoms with Crippen LogP contribution >= 0.6 is 11.6 Å². The van der Waals surface area contributed by atoms with Gasteiger partial charge in [0.25, 0.3) is 10.0 Å². The van der Waals surface area contributed by atoms with Crippen molar-refractivity contribution in [3.8, 4) is 11.1 Å². The van der Waals surface area contributed by atoms with E-state index in [2.05, 4.69) is 15.1 Å². The van der Waals surface area contributed by atoms with E-state index in [1.165, 1.54) is 12.4 Å². The zero-order chi connectivity index (χ0) is 23.8. The molecule has 0 aliphatic carbocycles. The molecule has 1 aromatic carbocycles. The van der Waals surface area contributed by atoms with Gasteiger partial charge in [-0.1, -0.05) is 17.7 Å². The van der Waals surface area contributed by atoms with Gasteiger partial charge in [0.1, 0.15) is 10.5 Å². The lowest BCUT2D eigenvalue weighted by Gasteiger charge is -2.15. The molecular weight excluding hydrogens is 479 g/mol. The number of imidazole rings is 1. The van der Waals surface area contributed by atoms with Crippen molar-refractivity contribution < 1.29 is 21.6 Å². The van der Waals surface area contributed by atoms with E-state index >= 15 is 0 Å². The van der Waals surface area contributed by atoms with Crippen molar-refractivity contribution in [1.29, 1.82) is 0 Å². The number of alkyl halides is 3. The molecule has 3 heterocycles. The molecule has 33 heavy (non-hydrogen) atoms. The second-order valence-corrected chi connectivity index (χ2v) is 9.22. The maximum atomic E-state index is 12.8. The predicted octanol–water partition coefficient (Wildman–Crippen LogP) is 4.72. The molecule has 0 bridgehead atoms. The van der Waals surface area contributed by atoms with Gasteiger partial charge in [0.15, 0.2) is 0 Å². The summed E-state index contributed by atoms with van der Waals surface area (Å²) in [6, 6.07) is 9.40. The molecule has 0 aliphatic heterocycles. The minimum atomic E-state index is -4.65. The third-order valence-electron chi connectivity index (χ3n) is 4.77. The lowest BCUT2D eigenvalue weighted by molar-refractivity contribution is -0.137. The van der Waals surface area contributed by atoms with E-state index in [4.69, 9.17) is 11.6 Å². The first-order valence-electron chi connectivity index (χ1n) is 9.34. The van der Waals surface area contributed by atoms with Crippen LogP contribution in [0.25, 0.3) is 16.8 Å². The highest BCUT2D eigenvalue weighted by Crippen LogP contribution is 2.34. The van der Waals surface area contributed by atoms with E-state index in [9.17, 15) is 21.6 Å². The van der Waals surface area contributed by atoms with Crippen LogP contribution in [0.3, 0.4) is 0 Å². The number of rotatable bonds is 5. The van der Waals surface area contributed by atoms with Crippen LogP contribution in [0.15, 0.2) is 77.2 Å². The monoisotopic (exact) mass is 493 g/mol. The first kappa shape index (κ1) is 22.7. The number of halogens is 4. The maximum Gasteiger partial charge on any atom is 0.416 e. The minimum Gasteiger partial charge on any atom is -0.298 e. The fourth-order valence-electron chi connectivity index (χ4n) is 3.03. The summed E-state index contributed by atoms with van der Waals surface area (Å²) in [5.74, 6) is 0. The summed E-state index contributed by atoms with van der Waals surface area (Å²) >= 11 is 5.84. The van der Waals surface area contributed by atoms with Crippen molar-refractivity contribution >= 4 is 33.5 Å². The molecule has 0 N–H and O–H groups in total. The van der Waals surface area contributed by atoms with Crippen molar-refractivity contribution in [2.75, 3.05) is 7.05 Å². The number of pyridine rings is 2. The Bertz CT molecular complexity index is 1450. The summed E-state index contributed by atoms with van der Waals surface area (Å²) in [4.78, 5) is 7.86. The summed E-state index contributed by atoms with van der Waals surface area (Å²) in [7, 11) is -3.13. The Morgan fingerprint density at radius 2 is 1.91 bits per heavy atom. The van der Waals surface area contributed by atoms with Crippen LogP contribution in [0.1, 0.15) is 11.3 Å². The van der Waals surface area contributed by atoms with E-state index in [0.717, 1.165) is 24.2 Å². The second-order valence-electron chi connectivity index (χ2n) is 6.90. The molecule has 0 fully saturated rings. The average Bonchev–Trinajstić information content (AvgIpc) is 3.19. The van der Waals surface area contributed by atoms with Gasteiger partial charge in [0, 0.05) is 36.8 Å². The molecule has 0 spiro atoms. The summed E-state index contributed by atoms with van der Waals surface area (Å²) < 4.78 is 66.5. The van der Waals surface area contributed by atoms with Gasteiger partial charge in [-0.15, -0.1) is 0 Å². The van der Waals surface area contributed by atoms with Crippen LogP contribution in [0.4, 0.5) is 13.2 Å². The number of aromatic nitrogens is 3. The molecule has 0 atom stereocenters. The summed E-state index contributed by atoms with van der Waals surface area (Å²) in [5.41, 5.74) is 1.79. The Morgan fingerprint density at radius 1 is 1.12 bits per heavy atom. The minimum absolute atomic E-state index is 0.483. The molecule has 0 radical (unpaired) electrons. The fraction of sp³-hybridized carbons (Fsp3) is 0.0952. The van der Waals surface area contributed by atoms with Crippen LogP contribution in [-0.2, 0) is 16.2 Å². The topological polar surface area (TPSA) is 79.9 Å². The Morgan fingerprint density at radius 3 is 2.58 bits per heavy atom. The molecule has 0 saturated carbocycles. The highest BCUT2D eigenvalue weighted by atomic mass is 35.5. The van der Waals surface area contributed by atoms with Gasteiger partial charge in [-0.2, -0.15) is 31.1 Å². The molecule has 3 aromatic heterocycles. The third-order valence-corrected chi connectivity index (χ3v) is 6.89. The molecule has 0 unspecified atom stereocenters. The SMILES string of the molecule is CN(N=Cc1cnc2ccc(-c3cccnc3)cn12)S(=O)(=O)c1ccc(C(F)(F)F)cc1Cl. The first-order chi connectivity index (χ1) is 15.6. The molecular formula is C21H15ClF3N5O2S. The lowest BCUT2D eigenvalue weighted by Crippen LogP contribution is -2.22. The molecule has 7 nitrogen and oxygen atoms in total. The van der Waals surface area contributed by atoms with Gasteiger partial charge in [0.2, 0.25) is 0 Å². The van der Waals surface area contributed by atoms with Gasteiger partial charge < -0.3 is 0 Å². The zero-order valence-corrected chi connectivity index (χ0v) is 18.5. The van der Waals surface area contributed by atoms with Crippen LogP contribution in [0.5, 0.6) is 0 Å². The molecule has 4 aromatic rings. The average molecular weight is 494 g/mol. The van der Waals surface area contributed by atoms with Crippen molar-refractivity contribution in [2.24, 2.45) is 5.10 Å². The Hall–Kier alpha value is -3.44. The Kier molecular flexibility index (Phi) is 5.85. The third kappa shape index (κ3) is 4.55. The number of hydrogen-bond acceptors (Lipinski definition) is 5. The molecule has 4 rings (SSSR count). The highest BCUT2D eigenvalue weighted by molar-refractivity contribution is 7.89. The number of benzene rings is 1. The van der Waals surface area contributed by atoms with Gasteiger partial charge in [-0.25, -0.2) is 4.98 Å². The van der Waals surface area contributed by atoms with Crippen LogP contribution in [0.2, 0.25) is 5.02 Å². The molecule has 170 valence electrons. The summed E-state index contributed by atoms with van der Waals surface area (Å²) in [5, 5.41) is 3.39. The maximum absolute atomic E-state index is 12.8. The van der Waals surface area contributed by atoms with E-state index in [1.807, 2.05) is 24.4 Å². The number of hydrazone groups is 1. The molecule has 0 aliphatic rings. The Labute approximate surface area is 191 Å². The second kappa shape index (κ2) is 8.49. The van der Waals surface area contributed by atoms with Gasteiger partial charge in [-0.05, 0) is 36.4 Å². The standard InChI is InChI=1S/C21H15ClF3N5O2S/c1-29(33(31,32)19-6-5-16(9-18(19)22)21(23,24)25)28-12-17-11-27-20-7-4-15(13-30(17)20)14-3-2-8-26-10-14/h2-13H,1H3. The summed E-state index contributed by atoms with van der Waals surface area (Å²) in [6.45, 7) is 0. The number of fused-ring (bicyclic) bond motifs is 1. The van der Waals surface area contributed by atoms with E-state index in [1.54, 1.807) is 22.9 Å². The quantitative estimate of drug-likeness (QED) is 0.297. The van der Waals surface area contributed by atoms with E-state index in [0.29, 0.717) is 27.9 Å². The van der Waals surface area contributed by atoms with E-state index < -0.39 is 31.7 Å². The van der Waals surface area contributed by atoms with Crippen LogP contribution in [-0.4, -0.2) is 40.5 Å². The Balaban J connectivity index is 1.64. The van der Waals surface area contributed by atoms with Gasteiger partial charge in [0.05, 0.1) is 28.7 Å². The van der Waals surface area contributed by atoms with Gasteiger partial charge >= 0.3 is 6.18 Å². The highest BCUT2D eigenvalue weighted by Gasteiger charge is 2.32. The first-order valence-corrected chi connectivity index (χ1v) is 11.2. The normalized spacial score (nSPS) is 12.5. The lowest BCUT2D eigenvalue weighted by atomic mass is 10.1. The largest absolute Gasteiger partial charge is 0.416 e. The van der Waals surface area contributed by atoms with Crippen molar-refractivity contribution in [3.05, 3.63) is 83.5 Å². The summed E-state index contributed by atoms with van der Waals surface area (Å²) in [6.07, 6.45) is 3.33. The predicted molar refractivity (Wildman–Crippen MR) is 117 cm³/mol. The van der Waals surface area contributed by atoms with Gasteiger partial charge in [-0.3, -0.25) is 9.38 Å². The van der Waals surface area contributed by atoms with Crippen molar-refractivity contribution in [3.63, 3.8) is 0 Å². The smallest absolute Gasteiger partial charge is 0.298 e. The molecule has 12 heteroatoms. The van der Waals surface area contributed by atoms with Crippen molar-refractivity contribution in [2.45, 2.75) is 11.1 Å². The number of nitrogens with zero attached hydrogens (tertiary/aromatic N) is 5.